The van der Waals surface area contributed by atoms with Crippen LogP contribution in [0.5, 0.6) is 5.75 Å². The summed E-state index contributed by atoms with van der Waals surface area (Å²) in [6.07, 6.45) is 0.890. The second kappa shape index (κ2) is 6.10. The average Bonchev–Trinajstić information content (AvgIpc) is 2.55. The highest BCUT2D eigenvalue weighted by atomic mass is 16.5. The molecular weight excluding hydrogens is 276 g/mol. The van der Waals surface area contributed by atoms with Gasteiger partial charge in [-0.25, -0.2) is 4.79 Å². The molecule has 0 aliphatic carbocycles. The zero-order chi connectivity index (χ0) is 15.5. The Kier molecular flexibility index (Phi) is 4.00. The minimum absolute atomic E-state index is 0.0265. The van der Waals surface area contributed by atoms with Crippen molar-refractivity contribution in [3.05, 3.63) is 54.1 Å². The number of rotatable bonds is 2. The fourth-order valence-electron chi connectivity index (χ4n) is 2.53. The number of benzene rings is 2. The molecule has 0 saturated carbocycles. The quantitative estimate of drug-likeness (QED) is 0.902. The molecule has 1 aliphatic heterocycles. The fraction of sp³-hybridized carbons (Fsp3) is 0.278. The minimum Gasteiger partial charge on any atom is -0.486 e. The number of para-hydroxylation sites is 2. The van der Waals surface area contributed by atoms with Crippen molar-refractivity contribution < 1.29 is 9.53 Å². The van der Waals surface area contributed by atoms with Gasteiger partial charge in [0.15, 0.2) is 0 Å². The van der Waals surface area contributed by atoms with Crippen molar-refractivity contribution in [2.75, 3.05) is 16.8 Å². The first-order chi connectivity index (χ1) is 10.7. The number of ether oxygens (including phenoxy) is 1. The lowest BCUT2D eigenvalue weighted by molar-refractivity contribution is 0.188. The van der Waals surface area contributed by atoms with Crippen LogP contribution in [0.3, 0.4) is 0 Å². The SMILES string of the molecule is CCC1CN(C(=O)Nc2ccc(C)cc2)c2ccccc2O1. The number of urea groups is 1. The van der Waals surface area contributed by atoms with Crippen molar-refractivity contribution >= 4 is 17.4 Å². The second-order valence-electron chi connectivity index (χ2n) is 5.52. The van der Waals surface area contributed by atoms with E-state index in [1.54, 1.807) is 4.90 Å². The Balaban J connectivity index is 1.83. The van der Waals surface area contributed by atoms with Gasteiger partial charge in [-0.2, -0.15) is 0 Å². The first-order valence-electron chi connectivity index (χ1n) is 7.58. The maximum absolute atomic E-state index is 12.6. The lowest BCUT2D eigenvalue weighted by atomic mass is 10.1. The van der Waals surface area contributed by atoms with Gasteiger partial charge in [0.2, 0.25) is 0 Å². The fourth-order valence-corrected chi connectivity index (χ4v) is 2.53. The molecule has 3 rings (SSSR count). The van der Waals surface area contributed by atoms with E-state index in [9.17, 15) is 4.79 Å². The summed E-state index contributed by atoms with van der Waals surface area (Å²) in [4.78, 5) is 14.4. The second-order valence-corrected chi connectivity index (χ2v) is 5.52. The molecule has 4 heteroatoms. The van der Waals surface area contributed by atoms with E-state index in [0.717, 1.165) is 23.5 Å². The Labute approximate surface area is 130 Å². The largest absolute Gasteiger partial charge is 0.486 e. The van der Waals surface area contributed by atoms with Gasteiger partial charge in [-0.05, 0) is 37.6 Å². The third kappa shape index (κ3) is 2.91. The Bertz CT molecular complexity index is 667. The molecule has 2 aromatic rings. The molecule has 1 atom stereocenters. The van der Waals surface area contributed by atoms with Crippen LogP contribution in [0.25, 0.3) is 0 Å². The minimum atomic E-state index is -0.127. The van der Waals surface area contributed by atoms with Gasteiger partial charge in [0.1, 0.15) is 11.9 Å². The highest BCUT2D eigenvalue weighted by Crippen LogP contribution is 2.34. The monoisotopic (exact) mass is 296 g/mol. The van der Waals surface area contributed by atoms with Crippen molar-refractivity contribution in [2.45, 2.75) is 26.4 Å². The summed E-state index contributed by atoms with van der Waals surface area (Å²) in [5.74, 6) is 0.764. The highest BCUT2D eigenvalue weighted by Gasteiger charge is 2.28. The van der Waals surface area contributed by atoms with Gasteiger partial charge >= 0.3 is 6.03 Å². The van der Waals surface area contributed by atoms with Crippen molar-refractivity contribution in [1.82, 2.24) is 0 Å². The first-order valence-corrected chi connectivity index (χ1v) is 7.58. The molecule has 1 N–H and O–H groups in total. The molecule has 114 valence electrons. The molecule has 4 nitrogen and oxygen atoms in total. The van der Waals surface area contributed by atoms with Gasteiger partial charge in [0, 0.05) is 5.69 Å². The van der Waals surface area contributed by atoms with Gasteiger partial charge in [-0.15, -0.1) is 0 Å². The number of carbonyl (C=O) groups excluding carboxylic acids is 1. The zero-order valence-corrected chi connectivity index (χ0v) is 12.9. The molecule has 2 aromatic carbocycles. The lowest BCUT2D eigenvalue weighted by Gasteiger charge is -2.34. The van der Waals surface area contributed by atoms with Gasteiger partial charge in [-0.3, -0.25) is 4.90 Å². The van der Waals surface area contributed by atoms with E-state index in [2.05, 4.69) is 12.2 Å². The number of nitrogens with one attached hydrogen (secondary N) is 1. The Hall–Kier alpha value is -2.49. The molecule has 1 heterocycles. The molecule has 0 spiro atoms. The number of hydrogen-bond acceptors (Lipinski definition) is 2. The van der Waals surface area contributed by atoms with Crippen LogP contribution in [0.1, 0.15) is 18.9 Å². The summed E-state index contributed by atoms with van der Waals surface area (Å²) in [5.41, 5.74) is 2.78. The number of anilines is 2. The van der Waals surface area contributed by atoms with Crippen molar-refractivity contribution in [2.24, 2.45) is 0 Å². The Morgan fingerprint density at radius 3 is 2.68 bits per heavy atom. The van der Waals surface area contributed by atoms with E-state index >= 15 is 0 Å². The summed E-state index contributed by atoms with van der Waals surface area (Å²) >= 11 is 0. The standard InChI is InChI=1S/C18H20N2O2/c1-3-15-12-20(16-6-4-5-7-17(16)22-15)18(21)19-14-10-8-13(2)9-11-14/h4-11,15H,3,12H2,1-2H3,(H,19,21). The van der Waals surface area contributed by atoms with E-state index < -0.39 is 0 Å². The van der Waals surface area contributed by atoms with Crippen LogP contribution in [-0.2, 0) is 0 Å². The van der Waals surface area contributed by atoms with Crippen LogP contribution in [0, 0.1) is 6.92 Å². The summed E-state index contributed by atoms with van der Waals surface area (Å²) in [7, 11) is 0. The van der Waals surface area contributed by atoms with E-state index in [1.807, 2.05) is 55.5 Å². The van der Waals surface area contributed by atoms with Crippen LogP contribution in [-0.4, -0.2) is 18.7 Å². The number of carbonyl (C=O) groups is 1. The smallest absolute Gasteiger partial charge is 0.326 e. The molecule has 0 radical (unpaired) electrons. The third-order valence-corrected chi connectivity index (χ3v) is 3.84. The maximum Gasteiger partial charge on any atom is 0.326 e. The van der Waals surface area contributed by atoms with E-state index in [1.165, 1.54) is 5.56 Å². The summed E-state index contributed by atoms with van der Waals surface area (Å²) in [6, 6.07) is 15.3. The number of amides is 2. The molecule has 0 bridgehead atoms. The van der Waals surface area contributed by atoms with Crippen molar-refractivity contribution in [3.63, 3.8) is 0 Å². The number of hydrogen-bond donors (Lipinski definition) is 1. The number of nitrogens with zero attached hydrogens (tertiary/aromatic N) is 1. The predicted molar refractivity (Wildman–Crippen MR) is 88.7 cm³/mol. The van der Waals surface area contributed by atoms with Crippen LogP contribution >= 0.6 is 0 Å². The van der Waals surface area contributed by atoms with Gasteiger partial charge < -0.3 is 10.1 Å². The van der Waals surface area contributed by atoms with Crippen LogP contribution in [0.4, 0.5) is 16.2 Å². The molecule has 0 aromatic heterocycles. The lowest BCUT2D eigenvalue weighted by Crippen LogP contribution is -2.45. The molecule has 1 unspecified atom stereocenters. The van der Waals surface area contributed by atoms with E-state index in [4.69, 9.17) is 4.74 Å². The van der Waals surface area contributed by atoms with E-state index in [0.29, 0.717) is 6.54 Å². The maximum atomic E-state index is 12.6. The van der Waals surface area contributed by atoms with Crippen LogP contribution in [0.15, 0.2) is 48.5 Å². The molecule has 0 fully saturated rings. The van der Waals surface area contributed by atoms with E-state index in [-0.39, 0.29) is 12.1 Å². The summed E-state index contributed by atoms with van der Waals surface area (Å²) < 4.78 is 5.91. The molecule has 2 amide bonds. The van der Waals surface area contributed by atoms with Gasteiger partial charge in [0.05, 0.1) is 12.2 Å². The first kappa shape index (κ1) is 14.4. The van der Waals surface area contributed by atoms with Crippen LogP contribution in [0.2, 0.25) is 0 Å². The summed E-state index contributed by atoms with van der Waals surface area (Å²) in [5, 5.41) is 2.96. The Morgan fingerprint density at radius 2 is 1.95 bits per heavy atom. The highest BCUT2D eigenvalue weighted by molar-refractivity contribution is 6.03. The average molecular weight is 296 g/mol. The Morgan fingerprint density at radius 1 is 1.23 bits per heavy atom. The van der Waals surface area contributed by atoms with Crippen molar-refractivity contribution in [3.8, 4) is 5.75 Å². The topological polar surface area (TPSA) is 41.6 Å². The predicted octanol–water partition coefficient (Wildman–Crippen LogP) is 4.20. The zero-order valence-electron chi connectivity index (χ0n) is 12.9. The number of aryl methyl sites for hydroxylation is 1. The molecular formula is C18H20N2O2. The number of fused-ring (bicyclic) bond motifs is 1. The van der Waals surface area contributed by atoms with Gasteiger partial charge in [-0.1, -0.05) is 36.8 Å². The molecule has 22 heavy (non-hydrogen) atoms. The molecule has 0 saturated heterocycles. The normalized spacial score (nSPS) is 16.6. The van der Waals surface area contributed by atoms with Crippen LogP contribution < -0.4 is 15.0 Å². The van der Waals surface area contributed by atoms with Gasteiger partial charge in [0.25, 0.3) is 0 Å². The third-order valence-electron chi connectivity index (χ3n) is 3.84. The van der Waals surface area contributed by atoms with Crippen molar-refractivity contribution in [1.29, 1.82) is 0 Å². The molecule has 1 aliphatic rings. The summed E-state index contributed by atoms with van der Waals surface area (Å²) in [6.45, 7) is 4.65.